The number of oxazole rings is 1. The molecule has 1 aliphatic heterocycles. The van der Waals surface area contributed by atoms with Gasteiger partial charge in [-0.2, -0.15) is 0 Å². The quantitative estimate of drug-likeness (QED) is 0.379. The van der Waals surface area contributed by atoms with Crippen LogP contribution in [0.15, 0.2) is 47.5 Å². The lowest BCUT2D eigenvalue weighted by Gasteiger charge is -2.31. The third kappa shape index (κ3) is 6.16. The first-order valence-electron chi connectivity index (χ1n) is 12.3. The molecular weight excluding hydrogens is 482 g/mol. The van der Waals surface area contributed by atoms with Crippen molar-refractivity contribution < 1.29 is 19.1 Å². The van der Waals surface area contributed by atoms with E-state index >= 15 is 0 Å². The Morgan fingerprint density at radius 3 is 2.97 bits per heavy atom. The summed E-state index contributed by atoms with van der Waals surface area (Å²) >= 11 is 6.45. The molecule has 1 fully saturated rings. The van der Waals surface area contributed by atoms with E-state index in [1.54, 1.807) is 24.5 Å². The van der Waals surface area contributed by atoms with Crippen LogP contribution in [0.1, 0.15) is 46.5 Å². The van der Waals surface area contributed by atoms with Gasteiger partial charge in [-0.05, 0) is 61.1 Å². The standard InChI is InChI=1S/C26H30ClN5O4/c27-23-8-19-13-32(7-5-17(19)9-24(23)35-15-22-12-28-16-36-22)14-21(33)11-30-26(34)18-4-6-29-25(10-18)31-20-2-1-3-20/h4,6,8-10,12,16,20-21,33H,1-3,5,7,11,13-15H2,(H,29,31)(H,30,34). The number of nitrogens with zero attached hydrogens (tertiary/aromatic N) is 3. The van der Waals surface area contributed by atoms with Gasteiger partial charge >= 0.3 is 0 Å². The Kier molecular flexibility index (Phi) is 7.69. The minimum Gasteiger partial charge on any atom is -0.484 e. The van der Waals surface area contributed by atoms with Crippen LogP contribution in [0.3, 0.4) is 0 Å². The van der Waals surface area contributed by atoms with Crippen LogP contribution in [-0.2, 0) is 19.6 Å². The number of carbonyl (C=O) groups excluding carboxylic acids is 1. The van der Waals surface area contributed by atoms with E-state index in [-0.39, 0.29) is 19.1 Å². The largest absolute Gasteiger partial charge is 0.484 e. The molecule has 0 saturated heterocycles. The molecule has 1 amide bonds. The first-order chi connectivity index (χ1) is 17.5. The summed E-state index contributed by atoms with van der Waals surface area (Å²) in [6.45, 7) is 2.35. The first-order valence-corrected chi connectivity index (χ1v) is 12.6. The minimum atomic E-state index is -0.690. The number of aliphatic hydroxyl groups excluding tert-OH is 1. The van der Waals surface area contributed by atoms with Gasteiger partial charge in [0, 0.05) is 44.0 Å². The van der Waals surface area contributed by atoms with Crippen molar-refractivity contribution in [2.75, 3.05) is 25.0 Å². The number of amides is 1. The van der Waals surface area contributed by atoms with Gasteiger partial charge in [0.1, 0.15) is 18.2 Å². The lowest BCUT2D eigenvalue weighted by Crippen LogP contribution is -2.42. The second-order valence-electron chi connectivity index (χ2n) is 9.36. The summed E-state index contributed by atoms with van der Waals surface area (Å²) in [5.41, 5.74) is 2.81. The summed E-state index contributed by atoms with van der Waals surface area (Å²) in [7, 11) is 0. The molecule has 1 aromatic carbocycles. The second-order valence-corrected chi connectivity index (χ2v) is 9.77. The van der Waals surface area contributed by atoms with Crippen LogP contribution in [0, 0.1) is 0 Å². The molecule has 1 unspecified atom stereocenters. The number of nitrogens with one attached hydrogen (secondary N) is 2. The van der Waals surface area contributed by atoms with Crippen molar-refractivity contribution in [1.82, 2.24) is 20.2 Å². The SMILES string of the molecule is O=C(NCC(O)CN1CCc2cc(OCc3cnco3)c(Cl)cc2C1)c1ccnc(NC2CCC2)c1. The number of hydrogen-bond donors (Lipinski definition) is 3. The number of benzene rings is 1. The maximum Gasteiger partial charge on any atom is 0.251 e. The second kappa shape index (κ2) is 11.3. The lowest BCUT2D eigenvalue weighted by atomic mass is 9.93. The van der Waals surface area contributed by atoms with Gasteiger partial charge < -0.3 is 24.9 Å². The molecule has 3 N–H and O–H groups in total. The number of halogens is 1. The molecule has 3 heterocycles. The Balaban J connectivity index is 1.10. The number of hydrogen-bond acceptors (Lipinski definition) is 8. The van der Waals surface area contributed by atoms with Crippen molar-refractivity contribution in [2.24, 2.45) is 0 Å². The van der Waals surface area contributed by atoms with Gasteiger partial charge in [0.2, 0.25) is 0 Å². The summed E-state index contributed by atoms with van der Waals surface area (Å²) in [5, 5.41) is 17.3. The lowest BCUT2D eigenvalue weighted by molar-refractivity contribution is 0.0841. The van der Waals surface area contributed by atoms with E-state index in [4.69, 9.17) is 20.8 Å². The summed E-state index contributed by atoms with van der Waals surface area (Å²) in [4.78, 5) is 22.9. The first kappa shape index (κ1) is 24.5. The molecule has 3 aromatic rings. The van der Waals surface area contributed by atoms with Crippen LogP contribution >= 0.6 is 11.6 Å². The maximum absolute atomic E-state index is 12.6. The van der Waals surface area contributed by atoms with E-state index in [0.29, 0.717) is 47.0 Å². The number of pyridine rings is 1. The fourth-order valence-electron chi connectivity index (χ4n) is 4.43. The molecule has 2 aromatic heterocycles. The van der Waals surface area contributed by atoms with Crippen molar-refractivity contribution in [3.8, 4) is 5.75 Å². The van der Waals surface area contributed by atoms with Crippen LogP contribution in [-0.4, -0.2) is 57.7 Å². The number of rotatable bonds is 10. The molecule has 10 heteroatoms. The number of carbonyl (C=O) groups is 1. The fraction of sp³-hybridized carbons (Fsp3) is 0.423. The van der Waals surface area contributed by atoms with E-state index in [9.17, 15) is 9.90 Å². The highest BCUT2D eigenvalue weighted by Crippen LogP contribution is 2.32. The molecule has 1 saturated carbocycles. The van der Waals surface area contributed by atoms with Crippen LogP contribution in [0.25, 0.3) is 0 Å². The molecule has 2 aliphatic rings. The zero-order valence-corrected chi connectivity index (χ0v) is 20.7. The Morgan fingerprint density at radius 1 is 1.31 bits per heavy atom. The molecule has 0 radical (unpaired) electrons. The van der Waals surface area contributed by atoms with Crippen LogP contribution in [0.2, 0.25) is 5.02 Å². The Hall–Kier alpha value is -3.14. The Morgan fingerprint density at radius 2 is 2.19 bits per heavy atom. The monoisotopic (exact) mass is 511 g/mol. The van der Waals surface area contributed by atoms with Gasteiger partial charge in [-0.25, -0.2) is 9.97 Å². The fourth-order valence-corrected chi connectivity index (χ4v) is 4.67. The number of ether oxygens (including phenoxy) is 1. The van der Waals surface area contributed by atoms with Gasteiger partial charge in [0.15, 0.2) is 12.2 Å². The highest BCUT2D eigenvalue weighted by molar-refractivity contribution is 6.32. The number of β-amino-alcohol motifs (C(OH)–C–C–N with tert-alkyl or cyclic N) is 1. The Labute approximate surface area is 214 Å². The van der Waals surface area contributed by atoms with Gasteiger partial charge in [0.05, 0.1) is 17.3 Å². The zero-order chi connectivity index (χ0) is 24.9. The molecule has 1 aliphatic carbocycles. The van der Waals surface area contributed by atoms with E-state index < -0.39 is 6.10 Å². The van der Waals surface area contributed by atoms with E-state index in [1.807, 2.05) is 12.1 Å². The molecule has 0 spiro atoms. The molecular formula is C26H30ClN5O4. The maximum atomic E-state index is 12.6. The number of anilines is 1. The van der Waals surface area contributed by atoms with Crippen molar-refractivity contribution in [3.63, 3.8) is 0 Å². The van der Waals surface area contributed by atoms with Crippen molar-refractivity contribution in [2.45, 2.75) is 51.0 Å². The van der Waals surface area contributed by atoms with Crippen LogP contribution < -0.4 is 15.4 Å². The number of fused-ring (bicyclic) bond motifs is 1. The van der Waals surface area contributed by atoms with E-state index in [1.165, 1.54) is 18.4 Å². The third-order valence-electron chi connectivity index (χ3n) is 6.65. The third-order valence-corrected chi connectivity index (χ3v) is 6.94. The zero-order valence-electron chi connectivity index (χ0n) is 20.0. The average molecular weight is 512 g/mol. The molecule has 0 bridgehead atoms. The van der Waals surface area contributed by atoms with Gasteiger partial charge in [-0.3, -0.25) is 9.69 Å². The van der Waals surface area contributed by atoms with Gasteiger partial charge in [-0.15, -0.1) is 0 Å². The van der Waals surface area contributed by atoms with Gasteiger partial charge in [0.25, 0.3) is 5.91 Å². The van der Waals surface area contributed by atoms with Crippen molar-refractivity contribution in [1.29, 1.82) is 0 Å². The summed E-state index contributed by atoms with van der Waals surface area (Å²) < 4.78 is 11.0. The van der Waals surface area contributed by atoms with Crippen LogP contribution in [0.5, 0.6) is 5.75 Å². The number of aromatic nitrogens is 2. The van der Waals surface area contributed by atoms with Crippen molar-refractivity contribution >= 4 is 23.3 Å². The van der Waals surface area contributed by atoms with Crippen LogP contribution in [0.4, 0.5) is 5.82 Å². The van der Waals surface area contributed by atoms with Crippen molar-refractivity contribution in [3.05, 3.63) is 70.5 Å². The minimum absolute atomic E-state index is 0.172. The summed E-state index contributed by atoms with van der Waals surface area (Å²) in [6, 6.07) is 7.79. The molecule has 1 atom stereocenters. The molecule has 190 valence electrons. The average Bonchev–Trinajstić information content (AvgIpc) is 3.37. The normalized spacial score (nSPS) is 16.6. The molecule has 5 rings (SSSR count). The molecule has 36 heavy (non-hydrogen) atoms. The topological polar surface area (TPSA) is 113 Å². The Bertz CT molecular complexity index is 1190. The smallest absolute Gasteiger partial charge is 0.251 e. The highest BCUT2D eigenvalue weighted by atomic mass is 35.5. The molecule has 9 nitrogen and oxygen atoms in total. The predicted octanol–water partition coefficient (Wildman–Crippen LogP) is 3.42. The van der Waals surface area contributed by atoms with E-state index in [2.05, 4.69) is 25.5 Å². The predicted molar refractivity (Wildman–Crippen MR) is 135 cm³/mol. The summed E-state index contributed by atoms with van der Waals surface area (Å²) in [6.07, 6.45) is 8.23. The van der Waals surface area contributed by atoms with E-state index in [0.717, 1.165) is 31.4 Å². The van der Waals surface area contributed by atoms with Gasteiger partial charge in [-0.1, -0.05) is 11.6 Å². The highest BCUT2D eigenvalue weighted by Gasteiger charge is 2.22. The summed E-state index contributed by atoms with van der Waals surface area (Å²) in [5.74, 6) is 1.74. The number of aliphatic hydroxyl groups is 1.